The molecule has 1 fully saturated rings. The first kappa shape index (κ1) is 16.5. The molecule has 0 saturated carbocycles. The normalized spacial score (nSPS) is 18.0. The van der Waals surface area contributed by atoms with Crippen LogP contribution in [-0.4, -0.2) is 36.5 Å². The van der Waals surface area contributed by atoms with Crippen LogP contribution in [0.25, 0.3) is 0 Å². The maximum Gasteiger partial charge on any atom is 0.317 e. The molecule has 0 unspecified atom stereocenters. The maximum absolute atomic E-state index is 13.4. The first-order valence-electron chi connectivity index (χ1n) is 7.30. The second-order valence-corrected chi connectivity index (χ2v) is 5.65. The van der Waals surface area contributed by atoms with Crippen LogP contribution in [0.3, 0.4) is 0 Å². The van der Waals surface area contributed by atoms with Crippen molar-refractivity contribution in [2.75, 3.05) is 25.0 Å². The van der Waals surface area contributed by atoms with E-state index >= 15 is 0 Å². The maximum atomic E-state index is 13.4. The lowest BCUT2D eigenvalue weighted by atomic mass is 9.97. The minimum absolute atomic E-state index is 0.0121. The van der Waals surface area contributed by atoms with Gasteiger partial charge in [-0.2, -0.15) is 0 Å². The number of amides is 3. The summed E-state index contributed by atoms with van der Waals surface area (Å²) < 4.78 is 13.4. The topological polar surface area (TPSA) is 61.4 Å². The van der Waals surface area contributed by atoms with E-state index < -0.39 is 5.82 Å². The molecule has 0 aliphatic carbocycles. The smallest absolute Gasteiger partial charge is 0.317 e. The van der Waals surface area contributed by atoms with Crippen molar-refractivity contribution in [3.05, 3.63) is 29.0 Å². The van der Waals surface area contributed by atoms with E-state index in [2.05, 4.69) is 10.6 Å². The van der Waals surface area contributed by atoms with Crippen molar-refractivity contribution in [1.29, 1.82) is 0 Å². The van der Waals surface area contributed by atoms with Crippen molar-refractivity contribution in [2.45, 2.75) is 19.8 Å². The zero-order valence-electron chi connectivity index (χ0n) is 12.4. The van der Waals surface area contributed by atoms with Crippen LogP contribution in [0.15, 0.2) is 18.2 Å². The van der Waals surface area contributed by atoms with Gasteiger partial charge in [-0.25, -0.2) is 9.18 Å². The minimum Gasteiger partial charge on any atom is -0.338 e. The molecule has 3 amide bonds. The molecule has 1 aliphatic heterocycles. The standard InChI is InChI=1S/C15H19ClFN3O2/c1-2-18-15(22)20-7-3-4-10(9-20)14(21)19-11-5-6-12(16)13(17)8-11/h5-6,8,10H,2-4,7,9H2,1H3,(H,18,22)(H,19,21)/t10-/m0/s1. The quantitative estimate of drug-likeness (QED) is 0.896. The Balaban J connectivity index is 1.96. The van der Waals surface area contributed by atoms with E-state index in [1.165, 1.54) is 12.1 Å². The molecule has 0 aromatic heterocycles. The molecule has 1 atom stereocenters. The van der Waals surface area contributed by atoms with Gasteiger partial charge in [-0.1, -0.05) is 11.6 Å². The van der Waals surface area contributed by atoms with Crippen LogP contribution in [0.2, 0.25) is 5.02 Å². The summed E-state index contributed by atoms with van der Waals surface area (Å²) in [4.78, 5) is 25.7. The highest BCUT2D eigenvalue weighted by molar-refractivity contribution is 6.30. The molecule has 0 bridgehead atoms. The van der Waals surface area contributed by atoms with Crippen LogP contribution in [0.1, 0.15) is 19.8 Å². The minimum atomic E-state index is -0.577. The lowest BCUT2D eigenvalue weighted by Crippen LogP contribution is -2.47. The Morgan fingerprint density at radius 1 is 1.45 bits per heavy atom. The van der Waals surface area contributed by atoms with Crippen molar-refractivity contribution < 1.29 is 14.0 Å². The average molecular weight is 328 g/mol. The Morgan fingerprint density at radius 3 is 2.91 bits per heavy atom. The molecular weight excluding hydrogens is 309 g/mol. The average Bonchev–Trinajstić information content (AvgIpc) is 2.51. The first-order chi connectivity index (χ1) is 10.5. The van der Waals surface area contributed by atoms with Gasteiger partial charge in [-0.05, 0) is 38.0 Å². The van der Waals surface area contributed by atoms with Crippen molar-refractivity contribution in [1.82, 2.24) is 10.2 Å². The van der Waals surface area contributed by atoms with Crippen LogP contribution < -0.4 is 10.6 Å². The molecule has 1 saturated heterocycles. The Morgan fingerprint density at radius 2 is 2.23 bits per heavy atom. The second kappa shape index (κ2) is 7.45. The van der Waals surface area contributed by atoms with E-state index in [1.54, 1.807) is 11.0 Å². The SMILES string of the molecule is CCNC(=O)N1CCC[C@H](C(=O)Nc2ccc(Cl)c(F)c2)C1. The van der Waals surface area contributed by atoms with E-state index in [0.29, 0.717) is 31.7 Å². The highest BCUT2D eigenvalue weighted by Gasteiger charge is 2.28. The van der Waals surface area contributed by atoms with E-state index in [4.69, 9.17) is 11.6 Å². The van der Waals surface area contributed by atoms with Gasteiger partial charge in [0.05, 0.1) is 10.9 Å². The van der Waals surface area contributed by atoms with Crippen molar-refractivity contribution >= 4 is 29.2 Å². The molecule has 0 radical (unpaired) electrons. The third-order valence-corrected chi connectivity index (χ3v) is 3.90. The number of carbonyl (C=O) groups is 2. The third-order valence-electron chi connectivity index (χ3n) is 3.59. The molecule has 1 heterocycles. The number of carbonyl (C=O) groups excluding carboxylic acids is 2. The highest BCUT2D eigenvalue weighted by Crippen LogP contribution is 2.21. The number of urea groups is 1. The zero-order valence-corrected chi connectivity index (χ0v) is 13.1. The number of nitrogens with zero attached hydrogens (tertiary/aromatic N) is 1. The summed E-state index contributed by atoms with van der Waals surface area (Å²) in [5, 5.41) is 5.42. The number of hydrogen-bond acceptors (Lipinski definition) is 2. The van der Waals surface area contributed by atoms with E-state index in [-0.39, 0.29) is 22.9 Å². The molecule has 7 heteroatoms. The molecule has 2 N–H and O–H groups in total. The zero-order chi connectivity index (χ0) is 16.1. The largest absolute Gasteiger partial charge is 0.338 e. The van der Waals surface area contributed by atoms with E-state index in [9.17, 15) is 14.0 Å². The summed E-state index contributed by atoms with van der Waals surface area (Å²) in [6.45, 7) is 3.41. The summed E-state index contributed by atoms with van der Waals surface area (Å²) in [6, 6.07) is 3.98. The second-order valence-electron chi connectivity index (χ2n) is 5.24. The van der Waals surface area contributed by atoms with Crippen LogP contribution >= 0.6 is 11.6 Å². The fourth-order valence-electron chi connectivity index (χ4n) is 2.46. The van der Waals surface area contributed by atoms with Gasteiger partial charge in [0.25, 0.3) is 0 Å². The molecule has 2 rings (SSSR count). The Labute approximate surface area is 133 Å². The van der Waals surface area contributed by atoms with Crippen molar-refractivity contribution in [2.24, 2.45) is 5.92 Å². The predicted octanol–water partition coefficient (Wildman–Crippen LogP) is 2.86. The highest BCUT2D eigenvalue weighted by atomic mass is 35.5. The molecule has 1 aromatic rings. The molecule has 120 valence electrons. The van der Waals surface area contributed by atoms with Crippen LogP contribution in [0.4, 0.5) is 14.9 Å². The van der Waals surface area contributed by atoms with Crippen LogP contribution in [0.5, 0.6) is 0 Å². The van der Waals surface area contributed by atoms with Gasteiger partial charge in [0.15, 0.2) is 0 Å². The third kappa shape index (κ3) is 4.10. The summed E-state index contributed by atoms with van der Waals surface area (Å²) in [7, 11) is 0. The summed E-state index contributed by atoms with van der Waals surface area (Å²) in [5.41, 5.74) is 0.363. The number of piperidine rings is 1. The van der Waals surface area contributed by atoms with Gasteiger partial charge < -0.3 is 15.5 Å². The van der Waals surface area contributed by atoms with Crippen LogP contribution in [0, 0.1) is 11.7 Å². The number of halogens is 2. The fraction of sp³-hybridized carbons (Fsp3) is 0.467. The summed E-state index contributed by atoms with van der Waals surface area (Å²) >= 11 is 5.61. The number of likely N-dealkylation sites (tertiary alicyclic amines) is 1. The van der Waals surface area contributed by atoms with Gasteiger partial charge >= 0.3 is 6.03 Å². The Kier molecular flexibility index (Phi) is 5.60. The summed E-state index contributed by atoms with van der Waals surface area (Å²) in [6.07, 6.45) is 1.47. The van der Waals surface area contributed by atoms with Crippen molar-refractivity contribution in [3.63, 3.8) is 0 Å². The number of rotatable bonds is 3. The number of nitrogens with one attached hydrogen (secondary N) is 2. The van der Waals surface area contributed by atoms with Gasteiger partial charge in [0, 0.05) is 25.3 Å². The van der Waals surface area contributed by atoms with Crippen molar-refractivity contribution in [3.8, 4) is 0 Å². The lowest BCUT2D eigenvalue weighted by molar-refractivity contribution is -0.121. The Bertz CT molecular complexity index is 568. The van der Waals surface area contributed by atoms with Gasteiger partial charge in [0.2, 0.25) is 5.91 Å². The lowest BCUT2D eigenvalue weighted by Gasteiger charge is -2.32. The first-order valence-corrected chi connectivity index (χ1v) is 7.67. The molecule has 5 nitrogen and oxygen atoms in total. The van der Waals surface area contributed by atoms with E-state index in [0.717, 1.165) is 6.42 Å². The molecular formula is C15H19ClFN3O2. The van der Waals surface area contributed by atoms with Crippen LogP contribution in [-0.2, 0) is 4.79 Å². The van der Waals surface area contributed by atoms with Gasteiger partial charge in [-0.3, -0.25) is 4.79 Å². The fourth-order valence-corrected chi connectivity index (χ4v) is 2.57. The van der Waals surface area contributed by atoms with Gasteiger partial charge in [-0.15, -0.1) is 0 Å². The number of benzene rings is 1. The molecule has 0 spiro atoms. The monoisotopic (exact) mass is 327 g/mol. The molecule has 1 aromatic carbocycles. The van der Waals surface area contributed by atoms with Gasteiger partial charge in [0.1, 0.15) is 5.82 Å². The summed E-state index contributed by atoms with van der Waals surface area (Å²) in [5.74, 6) is -1.09. The number of anilines is 1. The molecule has 1 aliphatic rings. The predicted molar refractivity (Wildman–Crippen MR) is 83.4 cm³/mol. The number of hydrogen-bond donors (Lipinski definition) is 2. The Hall–Kier alpha value is -1.82. The molecule has 22 heavy (non-hydrogen) atoms. The van der Waals surface area contributed by atoms with E-state index in [1.807, 2.05) is 6.92 Å².